The molecule has 23 heavy (non-hydrogen) atoms. The van der Waals surface area contributed by atoms with Crippen molar-refractivity contribution in [2.45, 2.75) is 46.1 Å². The number of halogens is 1. The van der Waals surface area contributed by atoms with Crippen LogP contribution in [0.25, 0.3) is 0 Å². The van der Waals surface area contributed by atoms with Crippen LogP contribution < -0.4 is 16.0 Å². The van der Waals surface area contributed by atoms with Gasteiger partial charge in [0, 0.05) is 48.8 Å². The van der Waals surface area contributed by atoms with Crippen LogP contribution in [0.15, 0.2) is 17.1 Å². The minimum absolute atomic E-state index is 0. The summed E-state index contributed by atoms with van der Waals surface area (Å²) < 4.78 is 0. The fraction of sp³-hybridized carbons (Fsp3) is 0.625. The molecule has 1 atom stereocenters. The summed E-state index contributed by atoms with van der Waals surface area (Å²) in [5.41, 5.74) is 0. The molecule has 0 aromatic carbocycles. The van der Waals surface area contributed by atoms with E-state index in [1.54, 1.807) is 7.05 Å². The molecular weight excluding hydrogens is 423 g/mol. The smallest absolute Gasteiger partial charge is 0.221 e. The average molecular weight is 452 g/mol. The number of nitrogens with zero attached hydrogens (tertiary/aromatic N) is 1. The number of rotatable bonds is 8. The minimum atomic E-state index is 0. The molecule has 1 aromatic rings. The van der Waals surface area contributed by atoms with Gasteiger partial charge in [0.15, 0.2) is 5.96 Å². The monoisotopic (exact) mass is 452 g/mol. The summed E-state index contributed by atoms with van der Waals surface area (Å²) in [7, 11) is 1.74. The van der Waals surface area contributed by atoms with E-state index in [1.807, 2.05) is 18.3 Å². The van der Waals surface area contributed by atoms with Gasteiger partial charge in [0.2, 0.25) is 5.91 Å². The van der Waals surface area contributed by atoms with E-state index < -0.39 is 0 Å². The molecule has 0 aliphatic rings. The number of carbonyl (C=O) groups excluding carboxylic acids is 1. The molecule has 0 bridgehead atoms. The maximum absolute atomic E-state index is 11.5. The maximum Gasteiger partial charge on any atom is 0.221 e. The second kappa shape index (κ2) is 12.6. The largest absolute Gasteiger partial charge is 0.356 e. The van der Waals surface area contributed by atoms with Gasteiger partial charge in [0.05, 0.1) is 0 Å². The quantitative estimate of drug-likeness (QED) is 0.323. The van der Waals surface area contributed by atoms with Crippen molar-refractivity contribution in [1.29, 1.82) is 0 Å². The Balaban J connectivity index is 0.00000484. The Kier molecular flexibility index (Phi) is 12.1. The molecule has 1 aromatic heterocycles. The highest BCUT2D eigenvalue weighted by Crippen LogP contribution is 2.16. The highest BCUT2D eigenvalue weighted by Gasteiger charge is 2.08. The first-order valence-electron chi connectivity index (χ1n) is 7.84. The molecule has 7 heteroatoms. The van der Waals surface area contributed by atoms with E-state index in [2.05, 4.69) is 46.9 Å². The van der Waals surface area contributed by atoms with Crippen molar-refractivity contribution in [3.05, 3.63) is 21.9 Å². The van der Waals surface area contributed by atoms with Gasteiger partial charge in [-0.3, -0.25) is 9.79 Å². The third kappa shape index (κ3) is 9.80. The fourth-order valence-electron chi connectivity index (χ4n) is 2.02. The van der Waals surface area contributed by atoms with Crippen molar-refractivity contribution in [1.82, 2.24) is 16.0 Å². The first kappa shape index (κ1) is 22.2. The van der Waals surface area contributed by atoms with Crippen LogP contribution in [0.3, 0.4) is 0 Å². The first-order chi connectivity index (χ1) is 10.5. The maximum atomic E-state index is 11.5. The van der Waals surface area contributed by atoms with E-state index >= 15 is 0 Å². The summed E-state index contributed by atoms with van der Waals surface area (Å²) >= 11 is 1.83. The predicted octanol–water partition coefficient (Wildman–Crippen LogP) is 2.69. The van der Waals surface area contributed by atoms with Gasteiger partial charge < -0.3 is 16.0 Å². The van der Waals surface area contributed by atoms with Gasteiger partial charge in [0.25, 0.3) is 0 Å². The van der Waals surface area contributed by atoms with Crippen molar-refractivity contribution in [3.63, 3.8) is 0 Å². The predicted molar refractivity (Wildman–Crippen MR) is 110 cm³/mol. The van der Waals surface area contributed by atoms with Gasteiger partial charge in [-0.1, -0.05) is 6.92 Å². The molecule has 3 N–H and O–H groups in total. The highest BCUT2D eigenvalue weighted by molar-refractivity contribution is 14.0. The topological polar surface area (TPSA) is 65.5 Å². The van der Waals surface area contributed by atoms with Crippen molar-refractivity contribution in [3.8, 4) is 0 Å². The number of nitrogens with one attached hydrogen (secondary N) is 3. The number of aliphatic imine (C=N–C) groups is 1. The molecule has 0 spiro atoms. The van der Waals surface area contributed by atoms with Crippen LogP contribution in [0.4, 0.5) is 0 Å². The Labute approximate surface area is 160 Å². The van der Waals surface area contributed by atoms with Gasteiger partial charge in [-0.2, -0.15) is 0 Å². The van der Waals surface area contributed by atoms with E-state index in [1.165, 1.54) is 9.75 Å². The van der Waals surface area contributed by atoms with E-state index in [9.17, 15) is 4.79 Å². The lowest BCUT2D eigenvalue weighted by atomic mass is 10.2. The van der Waals surface area contributed by atoms with Gasteiger partial charge in [-0.15, -0.1) is 35.3 Å². The van der Waals surface area contributed by atoms with Crippen LogP contribution in [0.2, 0.25) is 0 Å². The van der Waals surface area contributed by atoms with Crippen LogP contribution in [0.5, 0.6) is 0 Å². The number of amides is 1. The first-order valence-corrected chi connectivity index (χ1v) is 8.66. The summed E-state index contributed by atoms with van der Waals surface area (Å²) in [6, 6.07) is 4.61. The zero-order chi connectivity index (χ0) is 16.4. The lowest BCUT2D eigenvalue weighted by molar-refractivity contribution is -0.120. The lowest BCUT2D eigenvalue weighted by Gasteiger charge is -2.17. The molecule has 1 heterocycles. The third-order valence-corrected chi connectivity index (χ3v) is 4.15. The van der Waals surface area contributed by atoms with Gasteiger partial charge in [-0.25, -0.2) is 0 Å². The summed E-state index contributed by atoms with van der Waals surface area (Å²) in [5, 5.41) is 9.40. The number of carbonyl (C=O) groups is 1. The Morgan fingerprint density at radius 1 is 1.30 bits per heavy atom. The highest BCUT2D eigenvalue weighted by atomic mass is 127. The average Bonchev–Trinajstić information content (AvgIpc) is 2.88. The third-order valence-electron chi connectivity index (χ3n) is 3.13. The normalized spacial score (nSPS) is 12.3. The summed E-state index contributed by atoms with van der Waals surface area (Å²) in [5.74, 6) is 0.816. The Morgan fingerprint density at radius 3 is 2.61 bits per heavy atom. The number of hydrogen-bond acceptors (Lipinski definition) is 3. The molecule has 0 aliphatic carbocycles. The number of guanidine groups is 1. The van der Waals surface area contributed by atoms with Crippen LogP contribution in [0, 0.1) is 6.92 Å². The Hall–Kier alpha value is -0.830. The zero-order valence-corrected chi connectivity index (χ0v) is 17.6. The molecule has 1 unspecified atom stereocenters. The number of hydrogen-bond donors (Lipinski definition) is 3. The summed E-state index contributed by atoms with van der Waals surface area (Å²) in [6.45, 7) is 7.62. The molecular formula is C16H29IN4OS. The van der Waals surface area contributed by atoms with Gasteiger partial charge in [-0.05, 0) is 32.4 Å². The molecule has 0 saturated carbocycles. The Morgan fingerprint density at radius 2 is 2.04 bits per heavy atom. The van der Waals surface area contributed by atoms with E-state index in [0.717, 1.165) is 25.3 Å². The molecule has 0 radical (unpaired) electrons. The molecule has 5 nitrogen and oxygen atoms in total. The summed E-state index contributed by atoms with van der Waals surface area (Å²) in [6.07, 6.45) is 2.39. The molecule has 0 saturated heterocycles. The number of aryl methyl sites for hydroxylation is 1. The van der Waals surface area contributed by atoms with Crippen LogP contribution in [-0.4, -0.2) is 38.0 Å². The minimum Gasteiger partial charge on any atom is -0.356 e. The van der Waals surface area contributed by atoms with Crippen molar-refractivity contribution < 1.29 is 4.79 Å². The molecule has 1 amide bonds. The second-order valence-corrected chi connectivity index (χ2v) is 6.73. The molecule has 0 aliphatic heterocycles. The van der Waals surface area contributed by atoms with Crippen molar-refractivity contribution >= 4 is 47.2 Å². The van der Waals surface area contributed by atoms with E-state index in [4.69, 9.17) is 0 Å². The lowest BCUT2D eigenvalue weighted by Crippen LogP contribution is -2.44. The van der Waals surface area contributed by atoms with Crippen LogP contribution >= 0.6 is 35.3 Å². The van der Waals surface area contributed by atoms with Crippen LogP contribution in [0.1, 0.15) is 36.4 Å². The van der Waals surface area contributed by atoms with E-state index in [-0.39, 0.29) is 35.9 Å². The van der Waals surface area contributed by atoms with Gasteiger partial charge >= 0.3 is 0 Å². The Bertz CT molecular complexity index is 490. The number of thiophene rings is 1. The fourth-order valence-corrected chi connectivity index (χ4v) is 3.04. The van der Waals surface area contributed by atoms with Crippen molar-refractivity contribution in [2.75, 3.05) is 20.1 Å². The molecule has 132 valence electrons. The SMILES string of the molecule is CCCNC(=O)CCNC(=NC)NC(C)Cc1ccc(C)s1.I. The summed E-state index contributed by atoms with van der Waals surface area (Å²) in [4.78, 5) is 18.4. The van der Waals surface area contributed by atoms with E-state index in [0.29, 0.717) is 13.0 Å². The van der Waals surface area contributed by atoms with Crippen molar-refractivity contribution in [2.24, 2.45) is 4.99 Å². The molecule has 1 rings (SSSR count). The standard InChI is InChI=1S/C16H28N4OS.HI/c1-5-9-18-15(21)8-10-19-16(17-4)20-12(2)11-14-7-6-13(3)22-14;/h6-7,12H,5,8-11H2,1-4H3,(H,18,21)(H2,17,19,20);1H. The zero-order valence-electron chi connectivity index (χ0n) is 14.4. The van der Waals surface area contributed by atoms with Crippen LogP contribution in [-0.2, 0) is 11.2 Å². The molecule has 0 fully saturated rings. The van der Waals surface area contributed by atoms with Gasteiger partial charge in [0.1, 0.15) is 0 Å². The second-order valence-electron chi connectivity index (χ2n) is 5.36.